The van der Waals surface area contributed by atoms with E-state index in [2.05, 4.69) is 26.2 Å². The van der Waals surface area contributed by atoms with E-state index in [0.29, 0.717) is 24.5 Å². The highest BCUT2D eigenvalue weighted by molar-refractivity contribution is 9.10. The lowest BCUT2D eigenvalue weighted by atomic mass is 9.99. The van der Waals surface area contributed by atoms with Crippen LogP contribution in [0, 0.1) is 5.92 Å². The van der Waals surface area contributed by atoms with Crippen molar-refractivity contribution in [2.75, 3.05) is 18.4 Å². The summed E-state index contributed by atoms with van der Waals surface area (Å²) >= 11 is 4.83. The van der Waals surface area contributed by atoms with Crippen molar-refractivity contribution in [1.29, 1.82) is 0 Å². The first-order valence-corrected chi connectivity index (χ1v) is 8.49. The highest BCUT2D eigenvalue weighted by atomic mass is 79.9. The second-order valence-electron chi connectivity index (χ2n) is 5.16. The van der Waals surface area contributed by atoms with Gasteiger partial charge in [-0.3, -0.25) is 10.1 Å². The normalized spacial score (nSPS) is 18.4. The van der Waals surface area contributed by atoms with E-state index in [1.165, 1.54) is 11.3 Å². The Hall–Kier alpha value is -1.67. The van der Waals surface area contributed by atoms with Crippen LogP contribution in [0.2, 0.25) is 0 Å². The molecule has 1 aromatic carbocycles. The van der Waals surface area contributed by atoms with Crippen LogP contribution < -0.4 is 5.32 Å². The zero-order valence-corrected chi connectivity index (χ0v) is 14.0. The molecule has 0 radical (unpaired) electrons. The van der Waals surface area contributed by atoms with Crippen LogP contribution in [0.3, 0.4) is 0 Å². The Labute approximate surface area is 139 Å². The van der Waals surface area contributed by atoms with Gasteiger partial charge in [-0.25, -0.2) is 9.78 Å². The Kier molecular flexibility index (Phi) is 4.30. The first-order chi connectivity index (χ1) is 10.5. The number of nitrogens with one attached hydrogen (secondary N) is 1. The molecule has 1 unspecified atom stereocenters. The number of urea groups is 1. The first-order valence-electron chi connectivity index (χ1n) is 6.88. The summed E-state index contributed by atoms with van der Waals surface area (Å²) < 4.78 is 1.86. The molecule has 116 valence electrons. The smallest absolute Gasteiger partial charge is 0.323 e. The van der Waals surface area contributed by atoms with Gasteiger partial charge in [-0.15, -0.1) is 0 Å². The van der Waals surface area contributed by atoms with Gasteiger partial charge in [-0.1, -0.05) is 17.4 Å². The highest BCUT2D eigenvalue weighted by Gasteiger charge is 2.28. The van der Waals surface area contributed by atoms with Crippen LogP contribution in [0.15, 0.2) is 22.7 Å². The lowest BCUT2D eigenvalue weighted by Crippen LogP contribution is -2.44. The van der Waals surface area contributed by atoms with Crippen molar-refractivity contribution in [1.82, 2.24) is 9.88 Å². The number of carboxylic acids is 1. The summed E-state index contributed by atoms with van der Waals surface area (Å²) in [4.78, 5) is 29.3. The maximum absolute atomic E-state index is 12.3. The zero-order valence-electron chi connectivity index (χ0n) is 11.6. The van der Waals surface area contributed by atoms with Gasteiger partial charge in [0.15, 0.2) is 5.13 Å². The van der Waals surface area contributed by atoms with Crippen molar-refractivity contribution in [3.63, 3.8) is 0 Å². The van der Waals surface area contributed by atoms with Crippen LogP contribution in [0.5, 0.6) is 0 Å². The van der Waals surface area contributed by atoms with Crippen molar-refractivity contribution in [3.8, 4) is 0 Å². The van der Waals surface area contributed by atoms with Crippen LogP contribution in [0.4, 0.5) is 9.93 Å². The molecular weight excluding hydrogens is 370 g/mol. The average Bonchev–Trinajstić information content (AvgIpc) is 2.91. The number of piperidine rings is 1. The molecule has 2 amide bonds. The van der Waals surface area contributed by atoms with E-state index in [1.807, 2.05) is 18.2 Å². The van der Waals surface area contributed by atoms with Gasteiger partial charge >= 0.3 is 12.0 Å². The van der Waals surface area contributed by atoms with Crippen LogP contribution in [0.1, 0.15) is 12.8 Å². The van der Waals surface area contributed by atoms with Gasteiger partial charge in [0.05, 0.1) is 16.1 Å². The maximum atomic E-state index is 12.3. The standard InChI is InChI=1S/C14H14BrN3O3S/c15-9-4-1-5-10-11(9)16-13(22-10)17-14(21)18-6-2-3-8(7-18)12(19)20/h1,4-5,8H,2-3,6-7H2,(H,19,20)(H,16,17,21). The molecule has 1 aliphatic heterocycles. The molecule has 0 aliphatic carbocycles. The molecule has 22 heavy (non-hydrogen) atoms. The van der Waals surface area contributed by atoms with Gasteiger partial charge in [-0.05, 0) is 40.9 Å². The van der Waals surface area contributed by atoms with Crippen LogP contribution in [-0.2, 0) is 4.79 Å². The molecule has 2 aromatic rings. The molecule has 1 aliphatic rings. The third-order valence-electron chi connectivity index (χ3n) is 3.64. The molecular formula is C14H14BrN3O3S. The van der Waals surface area contributed by atoms with Crippen molar-refractivity contribution in [3.05, 3.63) is 22.7 Å². The van der Waals surface area contributed by atoms with E-state index in [9.17, 15) is 9.59 Å². The molecule has 2 N–H and O–H groups in total. The summed E-state index contributed by atoms with van der Waals surface area (Å²) in [7, 11) is 0. The van der Waals surface area contributed by atoms with Crippen molar-refractivity contribution in [2.45, 2.75) is 12.8 Å². The highest BCUT2D eigenvalue weighted by Crippen LogP contribution is 2.31. The van der Waals surface area contributed by atoms with Gasteiger partial charge in [-0.2, -0.15) is 0 Å². The zero-order chi connectivity index (χ0) is 15.7. The van der Waals surface area contributed by atoms with Crippen molar-refractivity contribution >= 4 is 54.6 Å². The van der Waals surface area contributed by atoms with E-state index in [-0.39, 0.29) is 12.6 Å². The Bertz CT molecular complexity index is 733. The largest absolute Gasteiger partial charge is 0.481 e. The molecule has 0 saturated carbocycles. The van der Waals surface area contributed by atoms with E-state index >= 15 is 0 Å². The molecule has 0 spiro atoms. The fourth-order valence-electron chi connectivity index (χ4n) is 2.50. The summed E-state index contributed by atoms with van der Waals surface area (Å²) in [6.07, 6.45) is 1.32. The third-order valence-corrected chi connectivity index (χ3v) is 5.22. The first kappa shape index (κ1) is 15.2. The summed E-state index contributed by atoms with van der Waals surface area (Å²) in [5, 5.41) is 12.4. The number of anilines is 1. The molecule has 8 heteroatoms. The third kappa shape index (κ3) is 3.07. The summed E-state index contributed by atoms with van der Waals surface area (Å²) in [5.74, 6) is -1.33. The fraction of sp³-hybridized carbons (Fsp3) is 0.357. The van der Waals surface area contributed by atoms with Crippen LogP contribution >= 0.6 is 27.3 Å². The van der Waals surface area contributed by atoms with Gasteiger partial charge in [0.1, 0.15) is 0 Å². The minimum atomic E-state index is -0.846. The number of hydrogen-bond donors (Lipinski definition) is 2. The second-order valence-corrected chi connectivity index (χ2v) is 7.04. The van der Waals surface area contributed by atoms with Crippen molar-refractivity contribution < 1.29 is 14.7 Å². The summed E-state index contributed by atoms with van der Waals surface area (Å²) in [5.41, 5.74) is 0.810. The fourth-order valence-corrected chi connectivity index (χ4v) is 3.97. The molecule has 0 bridgehead atoms. The minimum absolute atomic E-state index is 0.246. The number of amides is 2. The maximum Gasteiger partial charge on any atom is 0.323 e. The lowest BCUT2D eigenvalue weighted by molar-refractivity contribution is -0.143. The number of carbonyl (C=O) groups is 2. The lowest BCUT2D eigenvalue weighted by Gasteiger charge is -2.30. The number of fused-ring (bicyclic) bond motifs is 1. The van der Waals surface area contributed by atoms with E-state index in [4.69, 9.17) is 5.11 Å². The van der Waals surface area contributed by atoms with Gasteiger partial charge in [0.25, 0.3) is 0 Å². The molecule has 1 saturated heterocycles. The van der Waals surface area contributed by atoms with Crippen LogP contribution in [-0.4, -0.2) is 40.1 Å². The monoisotopic (exact) mass is 383 g/mol. The number of thiazole rings is 1. The number of carbonyl (C=O) groups excluding carboxylic acids is 1. The van der Waals surface area contributed by atoms with Gasteiger partial charge < -0.3 is 10.0 Å². The molecule has 6 nitrogen and oxygen atoms in total. The Balaban J connectivity index is 1.72. The number of hydrogen-bond acceptors (Lipinski definition) is 4. The summed E-state index contributed by atoms with van der Waals surface area (Å²) in [6, 6.07) is 5.46. The second kappa shape index (κ2) is 6.21. The Morgan fingerprint density at radius 1 is 1.45 bits per heavy atom. The Morgan fingerprint density at radius 2 is 2.27 bits per heavy atom. The number of carboxylic acid groups (broad SMARTS) is 1. The van der Waals surface area contributed by atoms with E-state index in [1.54, 1.807) is 4.90 Å². The predicted molar refractivity (Wildman–Crippen MR) is 88.3 cm³/mol. The SMILES string of the molecule is O=C(O)C1CCCN(C(=O)Nc2nc3c(Br)cccc3s2)C1. The number of rotatable bonds is 2. The average molecular weight is 384 g/mol. The number of aliphatic carboxylic acids is 1. The topological polar surface area (TPSA) is 82.5 Å². The van der Waals surface area contributed by atoms with Crippen LogP contribution in [0.25, 0.3) is 10.2 Å². The number of halogens is 1. The number of likely N-dealkylation sites (tertiary alicyclic amines) is 1. The molecule has 1 fully saturated rings. The van der Waals surface area contributed by atoms with Gasteiger partial charge in [0.2, 0.25) is 0 Å². The molecule has 2 heterocycles. The molecule has 3 rings (SSSR count). The molecule has 1 atom stereocenters. The molecule has 1 aromatic heterocycles. The van der Waals surface area contributed by atoms with Crippen molar-refractivity contribution in [2.24, 2.45) is 5.92 Å². The number of aromatic nitrogens is 1. The predicted octanol–water partition coefficient (Wildman–Crippen LogP) is 3.39. The van der Waals surface area contributed by atoms with Gasteiger partial charge in [0, 0.05) is 17.6 Å². The quantitative estimate of drug-likeness (QED) is 0.832. The van der Waals surface area contributed by atoms with E-state index in [0.717, 1.165) is 14.7 Å². The number of para-hydroxylation sites is 1. The summed E-state index contributed by atoms with van der Waals surface area (Å²) in [6.45, 7) is 0.819. The minimum Gasteiger partial charge on any atom is -0.481 e. The number of benzene rings is 1. The van der Waals surface area contributed by atoms with E-state index < -0.39 is 11.9 Å². The number of nitrogens with zero attached hydrogens (tertiary/aromatic N) is 2. The Morgan fingerprint density at radius 3 is 3.00 bits per heavy atom.